The molecule has 1 unspecified atom stereocenters. The molecule has 2 saturated heterocycles. The summed E-state index contributed by atoms with van der Waals surface area (Å²) in [6.45, 7) is 7.24. The van der Waals surface area contributed by atoms with Crippen LogP contribution in [-0.4, -0.2) is 155 Å². The minimum atomic E-state index is -3.73. The lowest BCUT2D eigenvalue weighted by Crippen LogP contribution is -2.54. The van der Waals surface area contributed by atoms with Crippen LogP contribution in [0.1, 0.15) is 85.0 Å². The van der Waals surface area contributed by atoms with E-state index in [9.17, 15) is 32.7 Å². The van der Waals surface area contributed by atoms with Gasteiger partial charge in [0.05, 0.1) is 60.0 Å². The van der Waals surface area contributed by atoms with E-state index in [1.807, 2.05) is 4.68 Å². The van der Waals surface area contributed by atoms with Crippen molar-refractivity contribution in [3.63, 3.8) is 0 Å². The highest BCUT2D eigenvalue weighted by molar-refractivity contribution is 7.89. The number of piperidine rings is 1. The van der Waals surface area contributed by atoms with Gasteiger partial charge in [-0.2, -0.15) is 14.4 Å². The quantitative estimate of drug-likeness (QED) is 0.0783. The predicted molar refractivity (Wildman–Crippen MR) is 236 cm³/mol. The summed E-state index contributed by atoms with van der Waals surface area (Å²) in [6.07, 6.45) is 6.67. The summed E-state index contributed by atoms with van der Waals surface area (Å²) in [5, 5.41) is 24.6. The monoisotopic (exact) mass is 900 g/mol. The van der Waals surface area contributed by atoms with Crippen LogP contribution < -0.4 is 16.0 Å². The fraction of sp³-hybridized carbons (Fsp3) is 0.523. The molecule has 1 aliphatic carbocycles. The number of hydrogen-bond donors (Lipinski definition) is 4. The van der Waals surface area contributed by atoms with E-state index >= 15 is 0 Å². The number of carbonyl (C=O) groups excluding carboxylic acids is 4. The summed E-state index contributed by atoms with van der Waals surface area (Å²) in [4.78, 5) is 63.1. The minimum Gasteiger partial charge on any atom is -0.393 e. The number of aromatic nitrogens is 4. The Morgan fingerprint density at radius 1 is 0.859 bits per heavy atom. The van der Waals surface area contributed by atoms with Crippen LogP contribution in [0.3, 0.4) is 0 Å². The van der Waals surface area contributed by atoms with Gasteiger partial charge < -0.3 is 25.2 Å². The van der Waals surface area contributed by atoms with Gasteiger partial charge in [0.25, 0.3) is 11.8 Å². The van der Waals surface area contributed by atoms with Gasteiger partial charge in [-0.05, 0) is 62.8 Å². The molecule has 0 bridgehead atoms. The van der Waals surface area contributed by atoms with Crippen molar-refractivity contribution in [2.75, 3.05) is 82.9 Å². The smallest absolute Gasteiger partial charge is 0.264 e. The van der Waals surface area contributed by atoms with Crippen molar-refractivity contribution in [3.05, 3.63) is 59.8 Å². The van der Waals surface area contributed by atoms with Gasteiger partial charge in [-0.25, -0.2) is 18.1 Å². The molecule has 20 heteroatoms. The maximum absolute atomic E-state index is 13.7. The van der Waals surface area contributed by atoms with Gasteiger partial charge in [0.2, 0.25) is 27.8 Å². The number of hydrogen-bond acceptors (Lipinski definition) is 15. The molecule has 0 spiro atoms. The first-order valence-corrected chi connectivity index (χ1v) is 23.7. The Kier molecular flexibility index (Phi) is 14.3. The first kappa shape index (κ1) is 45.2. The molecular weight excluding hydrogens is 845 g/mol. The summed E-state index contributed by atoms with van der Waals surface area (Å²) in [7, 11) is -3.73. The SMILES string of the molecule is CCCCNc1ncc2c(-c3ccc(S(=O)(=O)N4CCN(CCOCCOCCNc5cccc6c5C(=O)N(C5CCC(=O)NC5=O)C6=O)CC4)cc3)nn(C3CCC(O)CC3)c2n1. The molecule has 2 aromatic carbocycles. The molecular formula is C44H56N10O9S. The first-order chi connectivity index (χ1) is 31.0. The number of anilines is 2. The molecule has 1 saturated carbocycles. The molecule has 342 valence electrons. The summed E-state index contributed by atoms with van der Waals surface area (Å²) >= 11 is 0. The molecule has 1 atom stereocenters. The number of imide groups is 2. The molecule has 64 heavy (non-hydrogen) atoms. The Balaban J connectivity index is 0.762. The zero-order valence-electron chi connectivity index (χ0n) is 36.0. The summed E-state index contributed by atoms with van der Waals surface area (Å²) in [5.74, 6) is -1.67. The molecule has 4 aliphatic rings. The second-order valence-corrected chi connectivity index (χ2v) is 18.5. The molecule has 4 amide bonds. The Morgan fingerprint density at radius 3 is 2.34 bits per heavy atom. The van der Waals surface area contributed by atoms with Crippen LogP contribution in [0.15, 0.2) is 53.6 Å². The third kappa shape index (κ3) is 9.81. The molecule has 4 aromatic rings. The van der Waals surface area contributed by atoms with Gasteiger partial charge in [0.15, 0.2) is 5.65 Å². The highest BCUT2D eigenvalue weighted by atomic mass is 32.2. The van der Waals surface area contributed by atoms with Crippen molar-refractivity contribution in [1.82, 2.24) is 39.2 Å². The van der Waals surface area contributed by atoms with Crippen LogP contribution in [0.5, 0.6) is 0 Å². The van der Waals surface area contributed by atoms with Gasteiger partial charge in [-0.15, -0.1) is 0 Å². The molecule has 3 aliphatic heterocycles. The molecule has 2 aromatic heterocycles. The second kappa shape index (κ2) is 20.2. The van der Waals surface area contributed by atoms with Crippen LogP contribution in [0, 0.1) is 0 Å². The number of amides is 4. The van der Waals surface area contributed by atoms with Gasteiger partial charge in [-0.3, -0.25) is 34.3 Å². The van der Waals surface area contributed by atoms with Crippen molar-refractivity contribution < 1.29 is 42.2 Å². The number of nitrogens with one attached hydrogen (secondary N) is 3. The Morgan fingerprint density at radius 2 is 1.61 bits per heavy atom. The summed E-state index contributed by atoms with van der Waals surface area (Å²) < 4.78 is 42.5. The number of aliphatic hydroxyl groups excluding tert-OH is 1. The largest absolute Gasteiger partial charge is 0.393 e. The maximum atomic E-state index is 13.7. The number of carbonyl (C=O) groups is 4. The van der Waals surface area contributed by atoms with E-state index in [0.29, 0.717) is 95.9 Å². The van der Waals surface area contributed by atoms with E-state index < -0.39 is 39.7 Å². The normalized spacial score (nSPS) is 21.1. The lowest BCUT2D eigenvalue weighted by atomic mass is 9.93. The van der Waals surface area contributed by atoms with Crippen LogP contribution >= 0.6 is 0 Å². The Hall–Kier alpha value is -5.38. The number of sulfonamides is 1. The van der Waals surface area contributed by atoms with E-state index in [0.717, 1.165) is 53.7 Å². The Labute approximate surface area is 371 Å². The Bertz CT molecular complexity index is 2450. The molecule has 0 radical (unpaired) electrons. The molecule has 4 N–H and O–H groups in total. The molecule has 3 fully saturated rings. The highest BCUT2D eigenvalue weighted by Gasteiger charge is 2.45. The van der Waals surface area contributed by atoms with Crippen molar-refractivity contribution in [1.29, 1.82) is 0 Å². The molecule has 5 heterocycles. The highest BCUT2D eigenvalue weighted by Crippen LogP contribution is 2.36. The number of piperazine rings is 1. The number of aliphatic hydroxyl groups is 1. The average molecular weight is 901 g/mol. The number of nitrogens with zero attached hydrogens (tertiary/aromatic N) is 7. The van der Waals surface area contributed by atoms with E-state index in [-0.39, 0.29) is 41.0 Å². The fourth-order valence-electron chi connectivity index (χ4n) is 8.72. The van der Waals surface area contributed by atoms with Gasteiger partial charge in [0.1, 0.15) is 11.7 Å². The zero-order chi connectivity index (χ0) is 44.8. The summed E-state index contributed by atoms with van der Waals surface area (Å²) in [5.41, 5.74) is 3.05. The third-order valence-corrected chi connectivity index (χ3v) is 14.2. The topological polar surface area (TPSA) is 231 Å². The van der Waals surface area contributed by atoms with Crippen LogP contribution in [0.25, 0.3) is 22.3 Å². The first-order valence-electron chi connectivity index (χ1n) is 22.3. The lowest BCUT2D eigenvalue weighted by Gasteiger charge is -2.33. The lowest BCUT2D eigenvalue weighted by molar-refractivity contribution is -0.136. The standard InChI is InChI=1S/C44H56N10O9S/c1-2-3-17-46-44-47-28-34-39(50-54(40(34)49-44)30-9-11-31(55)12-10-30)29-7-13-32(14-8-29)64(60,61)52-21-19-51(20-22-52)23-25-63-27-26-62-24-18-45-35-6-4-5-33-38(35)43(59)53(42(33)58)36-15-16-37(56)48-41(36)57/h4-8,13-14,28,30-31,36,45,55H,2-3,9-12,15-27H2,1H3,(H,46,47,49)(H,48,56,57). The van der Waals surface area contributed by atoms with E-state index in [1.165, 1.54) is 4.31 Å². The molecule has 8 rings (SSSR count). The van der Waals surface area contributed by atoms with Crippen LogP contribution in [0.4, 0.5) is 11.6 Å². The number of unbranched alkanes of at least 4 members (excludes halogenated alkanes) is 1. The zero-order valence-corrected chi connectivity index (χ0v) is 36.9. The van der Waals surface area contributed by atoms with Crippen LogP contribution in [-0.2, 0) is 29.1 Å². The fourth-order valence-corrected chi connectivity index (χ4v) is 10.1. The predicted octanol–water partition coefficient (Wildman–Crippen LogP) is 3.03. The van der Waals surface area contributed by atoms with Gasteiger partial charge in [-0.1, -0.05) is 31.5 Å². The van der Waals surface area contributed by atoms with E-state index in [1.54, 1.807) is 48.7 Å². The van der Waals surface area contributed by atoms with Crippen LogP contribution in [0.2, 0.25) is 0 Å². The third-order valence-electron chi connectivity index (χ3n) is 12.3. The van der Waals surface area contributed by atoms with E-state index in [2.05, 4.69) is 32.8 Å². The number of rotatable bonds is 19. The minimum absolute atomic E-state index is 0.0516. The second-order valence-electron chi connectivity index (χ2n) is 16.6. The maximum Gasteiger partial charge on any atom is 0.264 e. The van der Waals surface area contributed by atoms with Crippen molar-refractivity contribution in [2.24, 2.45) is 0 Å². The summed E-state index contributed by atoms with van der Waals surface area (Å²) in [6, 6.07) is 10.8. The molecule has 19 nitrogen and oxygen atoms in total. The van der Waals surface area contributed by atoms with Crippen molar-refractivity contribution in [2.45, 2.75) is 81.4 Å². The van der Waals surface area contributed by atoms with E-state index in [4.69, 9.17) is 19.6 Å². The number of benzene rings is 2. The average Bonchev–Trinajstić information content (AvgIpc) is 3.80. The number of fused-ring (bicyclic) bond motifs is 2. The number of ether oxygens (including phenoxy) is 2. The van der Waals surface area contributed by atoms with Crippen molar-refractivity contribution in [3.8, 4) is 11.3 Å². The van der Waals surface area contributed by atoms with Gasteiger partial charge >= 0.3 is 0 Å². The van der Waals surface area contributed by atoms with Crippen molar-refractivity contribution >= 4 is 56.3 Å². The van der Waals surface area contributed by atoms with Gasteiger partial charge in [0, 0.05) is 69.7 Å².